The van der Waals surface area contributed by atoms with Crippen molar-refractivity contribution in [1.82, 2.24) is 20.2 Å². The van der Waals surface area contributed by atoms with Gasteiger partial charge in [-0.3, -0.25) is 9.59 Å². The van der Waals surface area contributed by atoms with Crippen molar-refractivity contribution in [3.05, 3.63) is 30.1 Å². The fraction of sp³-hybridized carbons (Fsp3) is 0.500. The van der Waals surface area contributed by atoms with Crippen molar-refractivity contribution in [3.63, 3.8) is 0 Å². The zero-order valence-corrected chi connectivity index (χ0v) is 14.4. The summed E-state index contributed by atoms with van der Waals surface area (Å²) in [6.45, 7) is 4.72. The third-order valence-electron chi connectivity index (χ3n) is 4.47. The van der Waals surface area contributed by atoms with Gasteiger partial charge in [-0.15, -0.1) is 0 Å². The van der Waals surface area contributed by atoms with Crippen LogP contribution in [-0.4, -0.2) is 40.3 Å². The molecule has 0 aliphatic carbocycles. The van der Waals surface area contributed by atoms with Gasteiger partial charge in [0.2, 0.25) is 11.8 Å². The molecule has 1 aromatic heterocycles. The first-order valence-electron chi connectivity index (χ1n) is 8.43. The second kappa shape index (κ2) is 6.63. The molecule has 1 fully saturated rings. The number of aromatic amines is 1. The lowest BCUT2D eigenvalue weighted by Crippen LogP contribution is -2.36. The summed E-state index contributed by atoms with van der Waals surface area (Å²) in [6.07, 6.45) is 1.08. The summed E-state index contributed by atoms with van der Waals surface area (Å²) in [5.74, 6) is 0.868. The van der Waals surface area contributed by atoms with Gasteiger partial charge >= 0.3 is 0 Å². The third-order valence-corrected chi connectivity index (χ3v) is 4.47. The molecule has 6 heteroatoms. The molecule has 0 bridgehead atoms. The van der Waals surface area contributed by atoms with Crippen LogP contribution in [0, 0.1) is 11.8 Å². The quantitative estimate of drug-likeness (QED) is 0.883. The van der Waals surface area contributed by atoms with Crippen molar-refractivity contribution in [2.24, 2.45) is 11.8 Å². The molecule has 1 saturated heterocycles. The SMILES string of the molecule is CC(C)C[C@H](NC(=O)[C@@H]1CC(=O)N(C)C1)c1nc2ccccc2[nH]1. The molecule has 6 nitrogen and oxygen atoms in total. The van der Waals surface area contributed by atoms with Crippen LogP contribution in [0.3, 0.4) is 0 Å². The van der Waals surface area contributed by atoms with Gasteiger partial charge in [0.1, 0.15) is 5.82 Å². The largest absolute Gasteiger partial charge is 0.346 e. The van der Waals surface area contributed by atoms with E-state index in [0.29, 0.717) is 12.5 Å². The Morgan fingerprint density at radius 1 is 1.42 bits per heavy atom. The zero-order chi connectivity index (χ0) is 17.3. The highest BCUT2D eigenvalue weighted by Gasteiger charge is 2.33. The summed E-state index contributed by atoms with van der Waals surface area (Å²) >= 11 is 0. The van der Waals surface area contributed by atoms with Gasteiger partial charge in [0, 0.05) is 20.0 Å². The number of likely N-dealkylation sites (tertiary alicyclic amines) is 1. The zero-order valence-electron chi connectivity index (χ0n) is 14.4. The number of aromatic nitrogens is 2. The van der Waals surface area contributed by atoms with Crippen molar-refractivity contribution in [3.8, 4) is 0 Å². The third kappa shape index (κ3) is 3.42. The number of amides is 2. The van der Waals surface area contributed by atoms with Gasteiger partial charge in [0.05, 0.1) is 23.0 Å². The summed E-state index contributed by atoms with van der Waals surface area (Å²) in [5.41, 5.74) is 1.86. The molecule has 3 rings (SSSR count). The number of carbonyl (C=O) groups is 2. The van der Waals surface area contributed by atoms with Crippen molar-refractivity contribution in [1.29, 1.82) is 0 Å². The molecule has 2 N–H and O–H groups in total. The van der Waals surface area contributed by atoms with E-state index in [1.165, 1.54) is 0 Å². The Bertz CT molecular complexity index is 719. The number of rotatable bonds is 5. The monoisotopic (exact) mass is 328 g/mol. The van der Waals surface area contributed by atoms with Crippen molar-refractivity contribution in [2.75, 3.05) is 13.6 Å². The van der Waals surface area contributed by atoms with Crippen LogP contribution in [0.5, 0.6) is 0 Å². The smallest absolute Gasteiger partial charge is 0.226 e. The number of fused-ring (bicyclic) bond motifs is 1. The number of para-hydroxylation sites is 2. The van der Waals surface area contributed by atoms with E-state index in [9.17, 15) is 9.59 Å². The maximum Gasteiger partial charge on any atom is 0.226 e. The lowest BCUT2D eigenvalue weighted by molar-refractivity contribution is -0.128. The number of imidazole rings is 1. The Kier molecular flexibility index (Phi) is 4.55. The van der Waals surface area contributed by atoms with Crippen LogP contribution in [0.2, 0.25) is 0 Å². The first-order valence-corrected chi connectivity index (χ1v) is 8.43. The van der Waals surface area contributed by atoms with Crippen LogP contribution in [0.15, 0.2) is 24.3 Å². The van der Waals surface area contributed by atoms with Crippen molar-refractivity contribution in [2.45, 2.75) is 32.7 Å². The molecule has 128 valence electrons. The predicted octanol–water partition coefficient (Wildman–Crippen LogP) is 2.24. The molecule has 0 radical (unpaired) electrons. The van der Waals surface area contributed by atoms with E-state index in [0.717, 1.165) is 23.3 Å². The van der Waals surface area contributed by atoms with E-state index < -0.39 is 0 Å². The number of H-pyrrole nitrogens is 1. The van der Waals surface area contributed by atoms with Gasteiger partial charge in [-0.1, -0.05) is 26.0 Å². The first-order chi connectivity index (χ1) is 11.4. The van der Waals surface area contributed by atoms with E-state index in [1.807, 2.05) is 24.3 Å². The number of benzene rings is 1. The molecular formula is C18H24N4O2. The topological polar surface area (TPSA) is 78.1 Å². The molecule has 0 saturated carbocycles. The molecule has 24 heavy (non-hydrogen) atoms. The Morgan fingerprint density at radius 2 is 2.17 bits per heavy atom. The summed E-state index contributed by atoms with van der Waals surface area (Å²) < 4.78 is 0. The highest BCUT2D eigenvalue weighted by Crippen LogP contribution is 2.24. The number of hydrogen-bond acceptors (Lipinski definition) is 3. The van der Waals surface area contributed by atoms with E-state index in [-0.39, 0.29) is 30.2 Å². The van der Waals surface area contributed by atoms with Crippen LogP contribution in [-0.2, 0) is 9.59 Å². The predicted molar refractivity (Wildman–Crippen MR) is 92.2 cm³/mol. The van der Waals surface area contributed by atoms with Gasteiger partial charge in [0.25, 0.3) is 0 Å². The minimum Gasteiger partial charge on any atom is -0.346 e. The van der Waals surface area contributed by atoms with Gasteiger partial charge in [0.15, 0.2) is 0 Å². The van der Waals surface area contributed by atoms with Gasteiger partial charge < -0.3 is 15.2 Å². The molecule has 1 aliphatic rings. The molecule has 0 spiro atoms. The number of nitrogens with zero attached hydrogens (tertiary/aromatic N) is 2. The molecule has 0 unspecified atom stereocenters. The Hall–Kier alpha value is -2.37. The summed E-state index contributed by atoms with van der Waals surface area (Å²) in [6, 6.07) is 7.66. The highest BCUT2D eigenvalue weighted by atomic mass is 16.2. The minimum absolute atomic E-state index is 0.0271. The highest BCUT2D eigenvalue weighted by molar-refractivity contribution is 5.89. The lowest BCUT2D eigenvalue weighted by atomic mass is 10.0. The van der Waals surface area contributed by atoms with E-state index >= 15 is 0 Å². The number of hydrogen-bond donors (Lipinski definition) is 2. The normalized spacial score (nSPS) is 19.2. The average Bonchev–Trinajstić information content (AvgIpc) is 3.10. The van der Waals surface area contributed by atoms with Gasteiger partial charge in [-0.05, 0) is 24.5 Å². The molecule has 1 aromatic carbocycles. The average molecular weight is 328 g/mol. The van der Waals surface area contributed by atoms with E-state index in [2.05, 4.69) is 29.1 Å². The number of nitrogens with one attached hydrogen (secondary N) is 2. The Labute approximate surface area is 141 Å². The number of carbonyl (C=O) groups excluding carboxylic acids is 2. The first kappa shape index (κ1) is 16.5. The van der Waals surface area contributed by atoms with Crippen LogP contribution in [0.4, 0.5) is 0 Å². The van der Waals surface area contributed by atoms with Crippen LogP contribution in [0.25, 0.3) is 11.0 Å². The van der Waals surface area contributed by atoms with Crippen LogP contribution >= 0.6 is 0 Å². The maximum atomic E-state index is 12.6. The lowest BCUT2D eigenvalue weighted by Gasteiger charge is -2.20. The maximum absolute atomic E-state index is 12.6. The van der Waals surface area contributed by atoms with E-state index in [4.69, 9.17) is 0 Å². The standard InChI is InChI=1S/C18H24N4O2/c1-11(2)8-15(17-19-13-6-4-5-7-14(13)20-17)21-18(24)12-9-16(23)22(3)10-12/h4-7,11-12,15H,8-10H2,1-3H3,(H,19,20)(H,21,24)/t12-,15+/m1/s1. The Balaban J connectivity index is 1.79. The molecule has 2 amide bonds. The van der Waals surface area contributed by atoms with Crippen molar-refractivity contribution < 1.29 is 9.59 Å². The molecule has 2 atom stereocenters. The molecule has 1 aliphatic heterocycles. The second-order valence-corrected chi connectivity index (χ2v) is 7.01. The molecular weight excluding hydrogens is 304 g/mol. The van der Waals surface area contributed by atoms with Crippen LogP contribution in [0.1, 0.15) is 38.6 Å². The summed E-state index contributed by atoms with van der Waals surface area (Å²) in [7, 11) is 1.74. The van der Waals surface area contributed by atoms with E-state index in [1.54, 1.807) is 11.9 Å². The summed E-state index contributed by atoms with van der Waals surface area (Å²) in [4.78, 5) is 33.8. The second-order valence-electron chi connectivity index (χ2n) is 7.01. The molecule has 2 aromatic rings. The van der Waals surface area contributed by atoms with Gasteiger partial charge in [-0.25, -0.2) is 4.98 Å². The fourth-order valence-corrected chi connectivity index (χ4v) is 3.18. The minimum atomic E-state index is -0.276. The molecule has 2 heterocycles. The van der Waals surface area contributed by atoms with Crippen LogP contribution < -0.4 is 5.32 Å². The Morgan fingerprint density at radius 3 is 2.79 bits per heavy atom. The fourth-order valence-electron chi connectivity index (χ4n) is 3.18. The van der Waals surface area contributed by atoms with Gasteiger partial charge in [-0.2, -0.15) is 0 Å². The van der Waals surface area contributed by atoms with Crippen molar-refractivity contribution >= 4 is 22.8 Å². The summed E-state index contributed by atoms with van der Waals surface area (Å²) in [5, 5.41) is 3.10.